The number of amides is 2. The van der Waals surface area contributed by atoms with Gasteiger partial charge in [-0.1, -0.05) is 66.7 Å². The Balaban J connectivity index is 1.41. The number of nitrogens with zero attached hydrogens (tertiary/aromatic N) is 2. The van der Waals surface area contributed by atoms with Gasteiger partial charge in [-0.3, -0.25) is 4.79 Å². The maximum Gasteiger partial charge on any atom is 0.407 e. The fourth-order valence-electron chi connectivity index (χ4n) is 5.10. The number of para-hydroxylation sites is 2. The number of nitrogens with one attached hydrogen (secondary N) is 1. The van der Waals surface area contributed by atoms with Crippen molar-refractivity contribution < 1.29 is 19.4 Å². The van der Waals surface area contributed by atoms with Gasteiger partial charge in [-0.05, 0) is 50.5 Å². The molecule has 1 atom stereocenters. The minimum Gasteiger partial charge on any atom is -0.444 e. The van der Waals surface area contributed by atoms with E-state index in [1.165, 1.54) is 0 Å². The highest BCUT2D eigenvalue weighted by atomic mass is 16.6. The van der Waals surface area contributed by atoms with Crippen molar-refractivity contribution in [3.8, 4) is 0 Å². The molecule has 1 aliphatic heterocycles. The van der Waals surface area contributed by atoms with Crippen molar-refractivity contribution in [3.63, 3.8) is 0 Å². The first kappa shape index (κ1) is 25.5. The summed E-state index contributed by atoms with van der Waals surface area (Å²) in [6, 6.07) is 25.1. The van der Waals surface area contributed by atoms with Crippen molar-refractivity contribution >= 4 is 28.6 Å². The zero-order chi connectivity index (χ0) is 26.9. The molecule has 7 nitrogen and oxygen atoms in total. The van der Waals surface area contributed by atoms with E-state index in [-0.39, 0.29) is 12.5 Å². The van der Waals surface area contributed by atoms with Crippen LogP contribution in [0.3, 0.4) is 0 Å². The van der Waals surface area contributed by atoms with Gasteiger partial charge in [0.25, 0.3) is 5.91 Å². The van der Waals surface area contributed by atoms with Gasteiger partial charge >= 0.3 is 6.09 Å². The molecule has 2 heterocycles. The SMILES string of the molecule is CC(C)(C)OC(=O)NCCc1cn(C[C@]2(O)C(=O)N(Cc3ccccc3)c3ccccc32)c2ccccc12. The second-order valence-electron chi connectivity index (χ2n) is 10.7. The highest BCUT2D eigenvalue weighted by Crippen LogP contribution is 2.42. The van der Waals surface area contributed by atoms with Crippen LogP contribution in [0.2, 0.25) is 0 Å². The Kier molecular flexibility index (Phi) is 6.71. The van der Waals surface area contributed by atoms with Crippen molar-refractivity contribution in [2.24, 2.45) is 0 Å². The van der Waals surface area contributed by atoms with Crippen molar-refractivity contribution in [2.45, 2.75) is 51.5 Å². The van der Waals surface area contributed by atoms with Crippen molar-refractivity contribution in [3.05, 3.63) is 102 Å². The molecule has 0 fully saturated rings. The summed E-state index contributed by atoms with van der Waals surface area (Å²) in [6.07, 6.45) is 2.09. The van der Waals surface area contributed by atoms with Gasteiger partial charge in [-0.25, -0.2) is 4.79 Å². The number of carbonyl (C=O) groups excluding carboxylic acids is 2. The van der Waals surface area contributed by atoms with Gasteiger partial charge < -0.3 is 24.6 Å². The fourth-order valence-corrected chi connectivity index (χ4v) is 5.10. The minimum atomic E-state index is -1.71. The highest BCUT2D eigenvalue weighted by molar-refractivity contribution is 6.06. The topological polar surface area (TPSA) is 83.8 Å². The number of rotatable bonds is 7. The molecule has 0 bridgehead atoms. The summed E-state index contributed by atoms with van der Waals surface area (Å²) in [5.74, 6) is -0.339. The first-order valence-electron chi connectivity index (χ1n) is 12.9. The summed E-state index contributed by atoms with van der Waals surface area (Å²) in [7, 11) is 0. The molecule has 0 aliphatic carbocycles. The normalized spacial score (nSPS) is 17.1. The van der Waals surface area contributed by atoms with E-state index in [0.717, 1.165) is 27.7 Å². The van der Waals surface area contributed by atoms with Crippen LogP contribution in [0.1, 0.15) is 37.5 Å². The molecule has 2 N–H and O–H groups in total. The summed E-state index contributed by atoms with van der Waals surface area (Å²) >= 11 is 0. The Labute approximate surface area is 222 Å². The second-order valence-corrected chi connectivity index (χ2v) is 10.7. The summed E-state index contributed by atoms with van der Waals surface area (Å²) in [4.78, 5) is 27.6. The first-order valence-corrected chi connectivity index (χ1v) is 12.9. The molecule has 3 aromatic carbocycles. The average molecular weight is 512 g/mol. The average Bonchev–Trinajstić information content (AvgIpc) is 3.32. The Bertz CT molecular complexity index is 1470. The number of aliphatic hydroxyl groups is 1. The molecule has 4 aromatic rings. The van der Waals surface area contributed by atoms with Crippen LogP contribution in [0.15, 0.2) is 85.1 Å². The molecule has 38 heavy (non-hydrogen) atoms. The summed E-state index contributed by atoms with van der Waals surface area (Å²) in [5.41, 5.74) is 1.98. The molecule has 1 aromatic heterocycles. The third-order valence-corrected chi connectivity index (χ3v) is 6.76. The lowest BCUT2D eigenvalue weighted by atomic mass is 9.95. The lowest BCUT2D eigenvalue weighted by Crippen LogP contribution is -2.43. The predicted octanol–water partition coefficient (Wildman–Crippen LogP) is 5.14. The Morgan fingerprint density at radius 3 is 2.42 bits per heavy atom. The summed E-state index contributed by atoms with van der Waals surface area (Å²) < 4.78 is 7.28. The van der Waals surface area contributed by atoms with Gasteiger partial charge in [0, 0.05) is 29.2 Å². The van der Waals surface area contributed by atoms with Crippen molar-refractivity contribution in [1.29, 1.82) is 0 Å². The third-order valence-electron chi connectivity index (χ3n) is 6.76. The van der Waals surface area contributed by atoms with Crippen LogP contribution in [0, 0.1) is 0 Å². The maximum absolute atomic E-state index is 13.8. The van der Waals surface area contributed by atoms with E-state index in [0.29, 0.717) is 25.1 Å². The fraction of sp³-hybridized carbons (Fsp3) is 0.290. The molecule has 2 amide bonds. The van der Waals surface area contributed by atoms with Crippen molar-refractivity contribution in [2.75, 3.05) is 11.4 Å². The molecule has 0 spiro atoms. The van der Waals surface area contributed by atoms with Crippen LogP contribution < -0.4 is 10.2 Å². The van der Waals surface area contributed by atoms with Crippen LogP contribution >= 0.6 is 0 Å². The van der Waals surface area contributed by atoms with E-state index >= 15 is 0 Å². The summed E-state index contributed by atoms with van der Waals surface area (Å²) in [6.45, 7) is 6.35. The molecular weight excluding hydrogens is 478 g/mol. The second kappa shape index (κ2) is 9.99. The third kappa shape index (κ3) is 5.02. The predicted molar refractivity (Wildman–Crippen MR) is 148 cm³/mol. The van der Waals surface area contributed by atoms with Gasteiger partial charge in [0.1, 0.15) is 5.60 Å². The number of hydrogen-bond donors (Lipinski definition) is 2. The molecule has 0 radical (unpaired) electrons. The zero-order valence-electron chi connectivity index (χ0n) is 22.0. The number of alkyl carbamates (subject to hydrolysis) is 1. The minimum absolute atomic E-state index is 0.0775. The first-order chi connectivity index (χ1) is 18.2. The molecule has 0 saturated carbocycles. The summed E-state index contributed by atoms with van der Waals surface area (Å²) in [5, 5.41) is 15.8. The highest BCUT2D eigenvalue weighted by Gasteiger charge is 2.50. The van der Waals surface area contributed by atoms with Gasteiger partial charge in [-0.15, -0.1) is 0 Å². The zero-order valence-corrected chi connectivity index (χ0v) is 22.0. The number of carbonyl (C=O) groups is 2. The monoisotopic (exact) mass is 511 g/mol. The molecular formula is C31H33N3O4. The van der Waals surface area contributed by atoms with E-state index in [9.17, 15) is 14.7 Å². The molecule has 5 rings (SSSR count). The van der Waals surface area contributed by atoms with E-state index < -0.39 is 17.3 Å². The number of fused-ring (bicyclic) bond motifs is 2. The Morgan fingerprint density at radius 2 is 1.66 bits per heavy atom. The lowest BCUT2D eigenvalue weighted by Gasteiger charge is -2.24. The van der Waals surface area contributed by atoms with Crippen LogP contribution in [0.4, 0.5) is 10.5 Å². The standard InChI is InChI=1S/C31H33N3O4/c1-30(2,3)38-29(36)32-18-17-23-20-33(26-15-9-7-13-24(23)26)21-31(37)25-14-8-10-16-27(25)34(28(31)35)19-22-11-5-4-6-12-22/h4-16,20,37H,17-19,21H2,1-3H3,(H,32,36)/t31-/m1/s1. The quantitative estimate of drug-likeness (QED) is 0.360. The largest absolute Gasteiger partial charge is 0.444 e. The van der Waals surface area contributed by atoms with Gasteiger partial charge in [0.15, 0.2) is 5.60 Å². The van der Waals surface area contributed by atoms with Crippen LogP contribution in [0.25, 0.3) is 10.9 Å². The van der Waals surface area contributed by atoms with Crippen LogP contribution in [0.5, 0.6) is 0 Å². The maximum atomic E-state index is 13.8. The molecule has 0 saturated heterocycles. The molecule has 7 heteroatoms. The van der Waals surface area contributed by atoms with Gasteiger partial charge in [0.2, 0.25) is 0 Å². The Hall–Kier alpha value is -4.10. The molecule has 1 aliphatic rings. The van der Waals surface area contributed by atoms with E-state index in [1.54, 1.807) is 4.90 Å². The van der Waals surface area contributed by atoms with Crippen LogP contribution in [-0.2, 0) is 34.6 Å². The number of hydrogen-bond acceptors (Lipinski definition) is 4. The molecule has 196 valence electrons. The Morgan fingerprint density at radius 1 is 0.974 bits per heavy atom. The van der Waals surface area contributed by atoms with Gasteiger partial charge in [0.05, 0.1) is 18.8 Å². The number of ether oxygens (including phenoxy) is 1. The van der Waals surface area contributed by atoms with E-state index in [4.69, 9.17) is 4.74 Å². The van der Waals surface area contributed by atoms with Crippen molar-refractivity contribution in [1.82, 2.24) is 9.88 Å². The molecule has 0 unspecified atom stereocenters. The van der Waals surface area contributed by atoms with E-state index in [2.05, 4.69) is 5.32 Å². The number of aromatic nitrogens is 1. The lowest BCUT2D eigenvalue weighted by molar-refractivity contribution is -0.137. The van der Waals surface area contributed by atoms with E-state index in [1.807, 2.05) is 110 Å². The van der Waals surface area contributed by atoms with Gasteiger partial charge in [-0.2, -0.15) is 0 Å². The smallest absolute Gasteiger partial charge is 0.407 e. The number of anilines is 1. The number of benzene rings is 3. The van der Waals surface area contributed by atoms with Crippen LogP contribution in [-0.4, -0.2) is 33.8 Å².